The number of hydrogen-bond donors (Lipinski definition) is 1. The normalized spacial score (nSPS) is 17.2. The lowest BCUT2D eigenvalue weighted by Crippen LogP contribution is -2.48. The fourth-order valence-corrected chi connectivity index (χ4v) is 2.64. The van der Waals surface area contributed by atoms with Gasteiger partial charge in [-0.2, -0.15) is 0 Å². The highest BCUT2D eigenvalue weighted by atomic mass is 16.6. The summed E-state index contributed by atoms with van der Waals surface area (Å²) in [5, 5.41) is 2.96. The molecule has 2 amide bonds. The monoisotopic (exact) mass is 330 g/mol. The molecule has 24 heavy (non-hydrogen) atoms. The van der Waals surface area contributed by atoms with Crippen molar-refractivity contribution in [2.24, 2.45) is 0 Å². The number of rotatable bonds is 5. The smallest absolute Gasteiger partial charge is 0.317 e. The van der Waals surface area contributed by atoms with Crippen molar-refractivity contribution in [3.8, 4) is 11.5 Å². The molecule has 1 N–H and O–H groups in total. The molecular formula is C18H22N2O4. The number of likely N-dealkylation sites (N-methyl/N-ethyl adjacent to an activating group) is 1. The summed E-state index contributed by atoms with van der Waals surface area (Å²) < 4.78 is 16.9. The summed E-state index contributed by atoms with van der Waals surface area (Å²) in [5.74, 6) is 2.31. The van der Waals surface area contributed by atoms with E-state index in [1.165, 1.54) is 0 Å². The van der Waals surface area contributed by atoms with Crippen LogP contribution in [0.2, 0.25) is 0 Å². The molecule has 1 aromatic heterocycles. The summed E-state index contributed by atoms with van der Waals surface area (Å²) in [7, 11) is 1.75. The van der Waals surface area contributed by atoms with Crippen LogP contribution in [0.3, 0.4) is 0 Å². The predicted octanol–water partition coefficient (Wildman–Crippen LogP) is 2.69. The number of hydrogen-bond acceptors (Lipinski definition) is 4. The van der Waals surface area contributed by atoms with E-state index in [0.29, 0.717) is 25.3 Å². The van der Waals surface area contributed by atoms with Gasteiger partial charge in [0.25, 0.3) is 0 Å². The molecule has 2 aromatic rings. The summed E-state index contributed by atoms with van der Waals surface area (Å²) in [4.78, 5) is 13.9. The molecule has 0 aliphatic carbocycles. The number of para-hydroxylation sites is 2. The number of carbonyl (C=O) groups is 1. The Morgan fingerprint density at radius 3 is 2.83 bits per heavy atom. The van der Waals surface area contributed by atoms with Gasteiger partial charge in [0.15, 0.2) is 17.6 Å². The maximum absolute atomic E-state index is 12.3. The molecule has 1 aliphatic heterocycles. The number of carbonyl (C=O) groups excluding carboxylic acids is 1. The van der Waals surface area contributed by atoms with E-state index in [9.17, 15) is 4.79 Å². The van der Waals surface area contributed by atoms with Crippen molar-refractivity contribution >= 4 is 6.03 Å². The summed E-state index contributed by atoms with van der Waals surface area (Å²) in [6.07, 6.45) is 2.10. The number of urea groups is 1. The minimum Gasteiger partial charge on any atom is -0.486 e. The van der Waals surface area contributed by atoms with Gasteiger partial charge in [-0.15, -0.1) is 0 Å². The Bertz CT molecular complexity index is 671. The molecule has 0 saturated heterocycles. The van der Waals surface area contributed by atoms with Crippen LogP contribution in [-0.2, 0) is 6.42 Å². The van der Waals surface area contributed by atoms with Gasteiger partial charge in [-0.25, -0.2) is 4.79 Å². The molecule has 0 radical (unpaired) electrons. The van der Waals surface area contributed by atoms with Gasteiger partial charge in [0.2, 0.25) is 0 Å². The Balaban J connectivity index is 1.48. The summed E-state index contributed by atoms with van der Waals surface area (Å²) in [5.41, 5.74) is 0. The fourth-order valence-electron chi connectivity index (χ4n) is 2.64. The number of nitrogens with zero attached hydrogens (tertiary/aromatic N) is 1. The van der Waals surface area contributed by atoms with Crippen LogP contribution < -0.4 is 14.8 Å². The molecule has 1 aromatic carbocycles. The van der Waals surface area contributed by atoms with Crippen LogP contribution in [0.1, 0.15) is 12.7 Å². The first-order valence-corrected chi connectivity index (χ1v) is 8.04. The van der Waals surface area contributed by atoms with Crippen molar-refractivity contribution in [1.29, 1.82) is 0 Å². The van der Waals surface area contributed by atoms with Crippen LogP contribution in [0.15, 0.2) is 47.1 Å². The maximum Gasteiger partial charge on any atom is 0.317 e. The lowest BCUT2D eigenvalue weighted by Gasteiger charge is -2.30. The van der Waals surface area contributed by atoms with Crippen LogP contribution in [0.4, 0.5) is 4.79 Å². The van der Waals surface area contributed by atoms with Gasteiger partial charge in [0, 0.05) is 19.5 Å². The van der Waals surface area contributed by atoms with Crippen LogP contribution in [0.25, 0.3) is 0 Å². The van der Waals surface area contributed by atoms with Gasteiger partial charge in [0.1, 0.15) is 12.4 Å². The van der Waals surface area contributed by atoms with Gasteiger partial charge in [-0.05, 0) is 31.2 Å². The van der Waals surface area contributed by atoms with Crippen molar-refractivity contribution in [1.82, 2.24) is 10.2 Å². The molecule has 128 valence electrons. The van der Waals surface area contributed by atoms with Crippen LogP contribution in [0.5, 0.6) is 11.5 Å². The molecule has 0 bridgehead atoms. The van der Waals surface area contributed by atoms with E-state index in [2.05, 4.69) is 5.32 Å². The summed E-state index contributed by atoms with van der Waals surface area (Å²) in [6.45, 7) is 2.83. The number of amides is 2. The van der Waals surface area contributed by atoms with E-state index < -0.39 is 0 Å². The second-order valence-corrected chi connectivity index (χ2v) is 6.01. The lowest BCUT2D eigenvalue weighted by atomic mass is 10.2. The quantitative estimate of drug-likeness (QED) is 0.915. The Hall–Kier alpha value is -2.63. The van der Waals surface area contributed by atoms with Gasteiger partial charge in [-0.3, -0.25) is 0 Å². The second-order valence-electron chi connectivity index (χ2n) is 6.01. The standard InChI is InChI=1S/C18H22N2O4/c1-13(10-14-6-5-9-22-14)19-18(21)20(2)11-15-12-23-16-7-3-4-8-17(16)24-15/h3-9,13,15H,10-12H2,1-2H3,(H,19,21)/t13-,15-/m0/s1. The van der Waals surface area contributed by atoms with Crippen molar-refractivity contribution in [3.63, 3.8) is 0 Å². The van der Waals surface area contributed by atoms with Gasteiger partial charge >= 0.3 is 6.03 Å². The van der Waals surface area contributed by atoms with Gasteiger partial charge in [-0.1, -0.05) is 12.1 Å². The second kappa shape index (κ2) is 7.29. The maximum atomic E-state index is 12.3. The minimum absolute atomic E-state index is 0.0182. The number of fused-ring (bicyclic) bond motifs is 1. The Morgan fingerprint density at radius 2 is 2.08 bits per heavy atom. The lowest BCUT2D eigenvalue weighted by molar-refractivity contribution is 0.0713. The Labute approximate surface area is 141 Å². The fraction of sp³-hybridized carbons (Fsp3) is 0.389. The van der Waals surface area contributed by atoms with E-state index in [4.69, 9.17) is 13.9 Å². The van der Waals surface area contributed by atoms with Crippen molar-refractivity contribution in [2.45, 2.75) is 25.5 Å². The highest BCUT2D eigenvalue weighted by Gasteiger charge is 2.24. The Kier molecular flexibility index (Phi) is 4.93. The summed E-state index contributed by atoms with van der Waals surface area (Å²) in [6, 6.07) is 11.1. The Morgan fingerprint density at radius 1 is 1.29 bits per heavy atom. The highest BCUT2D eigenvalue weighted by molar-refractivity contribution is 5.74. The average Bonchev–Trinajstić information content (AvgIpc) is 3.07. The van der Waals surface area contributed by atoms with Gasteiger partial charge < -0.3 is 24.1 Å². The largest absolute Gasteiger partial charge is 0.486 e. The molecular weight excluding hydrogens is 308 g/mol. The third-order valence-electron chi connectivity index (χ3n) is 3.85. The average molecular weight is 330 g/mol. The van der Waals surface area contributed by atoms with E-state index in [1.807, 2.05) is 43.3 Å². The first-order valence-electron chi connectivity index (χ1n) is 8.04. The molecule has 0 fully saturated rings. The highest BCUT2D eigenvalue weighted by Crippen LogP contribution is 2.30. The van der Waals surface area contributed by atoms with E-state index in [1.54, 1.807) is 18.2 Å². The zero-order valence-electron chi connectivity index (χ0n) is 13.9. The molecule has 1 aliphatic rings. The van der Waals surface area contributed by atoms with Crippen molar-refractivity contribution < 1.29 is 18.7 Å². The number of furan rings is 1. The van der Waals surface area contributed by atoms with Gasteiger partial charge in [0.05, 0.1) is 12.8 Å². The van der Waals surface area contributed by atoms with Crippen molar-refractivity contribution in [2.75, 3.05) is 20.2 Å². The molecule has 0 saturated carbocycles. The molecule has 0 unspecified atom stereocenters. The number of benzene rings is 1. The first-order chi connectivity index (χ1) is 11.6. The zero-order valence-corrected chi connectivity index (χ0v) is 13.9. The van der Waals surface area contributed by atoms with Crippen LogP contribution in [-0.4, -0.2) is 43.3 Å². The molecule has 3 rings (SSSR count). The first kappa shape index (κ1) is 16.2. The summed E-state index contributed by atoms with van der Waals surface area (Å²) >= 11 is 0. The van der Waals surface area contributed by atoms with E-state index in [0.717, 1.165) is 11.5 Å². The van der Waals surface area contributed by atoms with Crippen LogP contribution >= 0.6 is 0 Å². The molecule has 6 heteroatoms. The molecule has 2 heterocycles. The molecule has 6 nitrogen and oxygen atoms in total. The van der Waals surface area contributed by atoms with Crippen LogP contribution in [0, 0.1) is 0 Å². The van der Waals surface area contributed by atoms with Crippen molar-refractivity contribution in [3.05, 3.63) is 48.4 Å². The minimum atomic E-state index is -0.184. The molecule has 0 spiro atoms. The SMILES string of the molecule is C[C@@H](Cc1ccco1)NC(=O)N(C)C[C@H]1COc2ccccc2O1. The third-order valence-corrected chi connectivity index (χ3v) is 3.85. The third kappa shape index (κ3) is 4.01. The predicted molar refractivity (Wildman–Crippen MR) is 89.4 cm³/mol. The van der Waals surface area contributed by atoms with E-state index >= 15 is 0 Å². The number of nitrogens with one attached hydrogen (secondary N) is 1. The zero-order chi connectivity index (χ0) is 16.9. The number of ether oxygens (including phenoxy) is 2. The van der Waals surface area contributed by atoms with E-state index in [-0.39, 0.29) is 18.2 Å². The molecule has 2 atom stereocenters. The topological polar surface area (TPSA) is 63.9 Å².